The Hall–Kier alpha value is -1.28. The van der Waals surface area contributed by atoms with Gasteiger partial charge < -0.3 is 9.47 Å². The normalized spacial score (nSPS) is 15.3. The second kappa shape index (κ2) is 8.89. The molecule has 1 aromatic rings. The van der Waals surface area contributed by atoms with Gasteiger partial charge in [-0.3, -0.25) is 4.90 Å². The minimum Gasteiger partial charge on any atom is -0.491 e. The SMILES string of the molecule is Fc1ccc(C#CCCCl)c(OCCN2CCOCC2)c1. The summed E-state index contributed by atoms with van der Waals surface area (Å²) in [6.45, 7) is 4.65. The Morgan fingerprint density at radius 2 is 2.14 bits per heavy atom. The van der Waals surface area contributed by atoms with E-state index in [4.69, 9.17) is 21.1 Å². The van der Waals surface area contributed by atoms with E-state index in [0.717, 1.165) is 32.8 Å². The van der Waals surface area contributed by atoms with E-state index in [1.165, 1.54) is 12.1 Å². The molecule has 1 aromatic carbocycles. The average molecular weight is 312 g/mol. The van der Waals surface area contributed by atoms with Gasteiger partial charge in [0.15, 0.2) is 0 Å². The van der Waals surface area contributed by atoms with Crippen LogP contribution in [0.5, 0.6) is 5.75 Å². The summed E-state index contributed by atoms with van der Waals surface area (Å²) in [5.41, 5.74) is 0.698. The fourth-order valence-electron chi connectivity index (χ4n) is 2.03. The van der Waals surface area contributed by atoms with E-state index in [1.807, 2.05) is 0 Å². The molecule has 0 aromatic heterocycles. The fourth-order valence-corrected chi connectivity index (χ4v) is 2.13. The summed E-state index contributed by atoms with van der Waals surface area (Å²) in [6.07, 6.45) is 0.603. The zero-order valence-electron chi connectivity index (χ0n) is 11.9. The summed E-state index contributed by atoms with van der Waals surface area (Å²) in [5.74, 6) is 6.57. The number of morpholine rings is 1. The van der Waals surface area contributed by atoms with E-state index >= 15 is 0 Å². The average Bonchev–Trinajstić information content (AvgIpc) is 2.51. The van der Waals surface area contributed by atoms with E-state index in [-0.39, 0.29) is 5.82 Å². The van der Waals surface area contributed by atoms with Gasteiger partial charge in [-0.1, -0.05) is 11.8 Å². The molecule has 0 bridgehead atoms. The van der Waals surface area contributed by atoms with Gasteiger partial charge in [-0.15, -0.1) is 11.6 Å². The molecule has 0 radical (unpaired) electrons. The number of hydrogen-bond acceptors (Lipinski definition) is 3. The highest BCUT2D eigenvalue weighted by Crippen LogP contribution is 2.19. The Bertz CT molecular complexity index is 507. The number of nitrogens with zero attached hydrogens (tertiary/aromatic N) is 1. The van der Waals surface area contributed by atoms with Gasteiger partial charge in [0, 0.05) is 38.0 Å². The lowest BCUT2D eigenvalue weighted by Gasteiger charge is -2.26. The first kappa shape index (κ1) is 16.1. The number of benzene rings is 1. The molecule has 1 heterocycles. The van der Waals surface area contributed by atoms with Crippen LogP contribution >= 0.6 is 11.6 Å². The van der Waals surface area contributed by atoms with Crippen LogP contribution in [0.2, 0.25) is 0 Å². The first-order chi connectivity index (χ1) is 10.3. The predicted molar refractivity (Wildman–Crippen MR) is 81.4 cm³/mol. The molecule has 1 aliphatic rings. The topological polar surface area (TPSA) is 21.7 Å². The van der Waals surface area contributed by atoms with Gasteiger partial charge in [0.25, 0.3) is 0 Å². The third kappa shape index (κ3) is 5.55. The molecule has 1 fully saturated rings. The molecule has 0 saturated carbocycles. The van der Waals surface area contributed by atoms with Gasteiger partial charge in [-0.05, 0) is 12.1 Å². The number of ether oxygens (including phenoxy) is 2. The van der Waals surface area contributed by atoms with Crippen LogP contribution in [0.4, 0.5) is 4.39 Å². The lowest BCUT2D eigenvalue weighted by Crippen LogP contribution is -2.38. The number of rotatable bonds is 5. The molecule has 1 saturated heterocycles. The van der Waals surface area contributed by atoms with Crippen LogP contribution in [-0.2, 0) is 4.74 Å². The summed E-state index contributed by atoms with van der Waals surface area (Å²) < 4.78 is 24.3. The van der Waals surface area contributed by atoms with E-state index in [2.05, 4.69) is 16.7 Å². The molecule has 21 heavy (non-hydrogen) atoms. The van der Waals surface area contributed by atoms with Crippen LogP contribution in [0.3, 0.4) is 0 Å². The molecular weight excluding hydrogens is 293 g/mol. The third-order valence-electron chi connectivity index (χ3n) is 3.15. The van der Waals surface area contributed by atoms with Crippen LogP contribution in [0.15, 0.2) is 18.2 Å². The molecule has 0 N–H and O–H groups in total. The highest BCUT2D eigenvalue weighted by atomic mass is 35.5. The summed E-state index contributed by atoms with van der Waals surface area (Å²) >= 11 is 5.59. The standard InChI is InChI=1S/C16H19ClFNO2/c17-6-2-1-3-14-4-5-15(18)13-16(14)21-12-9-19-7-10-20-11-8-19/h4-5,13H,2,6-12H2. The Morgan fingerprint density at radius 1 is 1.33 bits per heavy atom. The van der Waals surface area contributed by atoms with Crippen LogP contribution < -0.4 is 4.74 Å². The van der Waals surface area contributed by atoms with Crippen LogP contribution in [0.1, 0.15) is 12.0 Å². The molecule has 0 unspecified atom stereocenters. The van der Waals surface area contributed by atoms with E-state index < -0.39 is 0 Å². The molecule has 0 atom stereocenters. The highest BCUT2D eigenvalue weighted by Gasteiger charge is 2.10. The van der Waals surface area contributed by atoms with Gasteiger partial charge in [0.1, 0.15) is 18.2 Å². The summed E-state index contributed by atoms with van der Waals surface area (Å²) in [6, 6.07) is 4.41. The predicted octanol–water partition coefficient (Wildman–Crippen LogP) is 2.52. The second-order valence-corrected chi connectivity index (χ2v) is 5.06. The van der Waals surface area contributed by atoms with E-state index in [1.54, 1.807) is 6.07 Å². The zero-order valence-corrected chi connectivity index (χ0v) is 12.7. The van der Waals surface area contributed by atoms with Crippen molar-refractivity contribution in [3.8, 4) is 17.6 Å². The van der Waals surface area contributed by atoms with Crippen molar-refractivity contribution in [2.24, 2.45) is 0 Å². The molecule has 0 amide bonds. The van der Waals surface area contributed by atoms with Gasteiger partial charge >= 0.3 is 0 Å². The smallest absolute Gasteiger partial charge is 0.137 e. The summed E-state index contributed by atoms with van der Waals surface area (Å²) in [4.78, 5) is 2.27. The lowest BCUT2D eigenvalue weighted by molar-refractivity contribution is 0.0322. The molecule has 1 aliphatic heterocycles. The van der Waals surface area contributed by atoms with Crippen LogP contribution in [0.25, 0.3) is 0 Å². The van der Waals surface area contributed by atoms with Crippen molar-refractivity contribution in [2.45, 2.75) is 6.42 Å². The third-order valence-corrected chi connectivity index (χ3v) is 3.34. The molecular formula is C16H19ClFNO2. The van der Waals surface area contributed by atoms with Gasteiger partial charge in [-0.2, -0.15) is 0 Å². The van der Waals surface area contributed by atoms with Crippen molar-refractivity contribution in [3.63, 3.8) is 0 Å². The Morgan fingerprint density at radius 3 is 2.90 bits per heavy atom. The van der Waals surface area contributed by atoms with Crippen LogP contribution in [-0.4, -0.2) is 50.2 Å². The zero-order chi connectivity index (χ0) is 14.9. The number of alkyl halides is 1. The van der Waals surface area contributed by atoms with Crippen molar-refractivity contribution in [1.82, 2.24) is 4.90 Å². The minimum atomic E-state index is -0.320. The lowest BCUT2D eigenvalue weighted by atomic mass is 10.2. The molecule has 3 nitrogen and oxygen atoms in total. The Kier molecular flexibility index (Phi) is 6.81. The molecule has 0 aliphatic carbocycles. The second-order valence-electron chi connectivity index (χ2n) is 4.68. The first-order valence-electron chi connectivity index (χ1n) is 7.07. The van der Waals surface area contributed by atoms with Crippen molar-refractivity contribution in [3.05, 3.63) is 29.6 Å². The fraction of sp³-hybridized carbons (Fsp3) is 0.500. The van der Waals surface area contributed by atoms with Crippen molar-refractivity contribution >= 4 is 11.6 Å². The first-order valence-corrected chi connectivity index (χ1v) is 7.60. The van der Waals surface area contributed by atoms with Crippen molar-refractivity contribution in [1.29, 1.82) is 0 Å². The van der Waals surface area contributed by atoms with Crippen molar-refractivity contribution in [2.75, 3.05) is 45.3 Å². The maximum Gasteiger partial charge on any atom is 0.137 e. The highest BCUT2D eigenvalue weighted by molar-refractivity contribution is 6.18. The van der Waals surface area contributed by atoms with Gasteiger partial charge in [0.05, 0.1) is 18.8 Å². The van der Waals surface area contributed by atoms with Gasteiger partial charge in [-0.25, -0.2) is 4.39 Å². The van der Waals surface area contributed by atoms with Crippen molar-refractivity contribution < 1.29 is 13.9 Å². The monoisotopic (exact) mass is 311 g/mol. The Balaban J connectivity index is 1.91. The Labute approximate surface area is 130 Å². The summed E-state index contributed by atoms with van der Waals surface area (Å²) in [7, 11) is 0. The van der Waals surface area contributed by atoms with E-state index in [0.29, 0.717) is 30.2 Å². The molecule has 114 valence electrons. The van der Waals surface area contributed by atoms with Crippen LogP contribution in [0, 0.1) is 17.7 Å². The minimum absolute atomic E-state index is 0.320. The summed E-state index contributed by atoms with van der Waals surface area (Å²) in [5, 5.41) is 0. The molecule has 5 heteroatoms. The molecule has 0 spiro atoms. The van der Waals surface area contributed by atoms with Gasteiger partial charge in [0.2, 0.25) is 0 Å². The van der Waals surface area contributed by atoms with E-state index in [9.17, 15) is 4.39 Å². The maximum atomic E-state index is 13.3. The maximum absolute atomic E-state index is 13.3. The number of hydrogen-bond donors (Lipinski definition) is 0. The molecule has 2 rings (SSSR count). The largest absolute Gasteiger partial charge is 0.491 e. The quantitative estimate of drug-likeness (QED) is 0.616. The number of halogens is 2.